The minimum atomic E-state index is -1.46. The van der Waals surface area contributed by atoms with Crippen LogP contribution in [0.1, 0.15) is 32.1 Å². The zero-order chi connectivity index (χ0) is 11.5. The van der Waals surface area contributed by atoms with Gasteiger partial charge in [-0.15, -0.1) is 0 Å². The van der Waals surface area contributed by atoms with Crippen LogP contribution in [-0.2, 0) is 9.59 Å². The molecule has 88 valence electrons. The first-order chi connectivity index (χ1) is 7.55. The molecular weight excluding hydrogens is 208 g/mol. The quantitative estimate of drug-likeness (QED) is 0.698. The van der Waals surface area contributed by atoms with Crippen molar-refractivity contribution >= 4 is 11.9 Å². The van der Waals surface area contributed by atoms with Gasteiger partial charge < -0.3 is 10.2 Å². The van der Waals surface area contributed by atoms with Gasteiger partial charge in [-0.05, 0) is 55.8 Å². The van der Waals surface area contributed by atoms with Gasteiger partial charge in [-0.2, -0.15) is 0 Å². The van der Waals surface area contributed by atoms with Crippen LogP contribution < -0.4 is 0 Å². The second-order valence-electron chi connectivity index (χ2n) is 5.78. The molecule has 4 fully saturated rings. The fourth-order valence-corrected chi connectivity index (χ4v) is 4.72. The maximum atomic E-state index is 11.5. The van der Waals surface area contributed by atoms with E-state index in [4.69, 9.17) is 0 Å². The fraction of sp³-hybridized carbons (Fsp3) is 0.833. The van der Waals surface area contributed by atoms with Crippen LogP contribution in [0.3, 0.4) is 0 Å². The number of rotatable bonds is 2. The highest BCUT2D eigenvalue weighted by Crippen LogP contribution is 2.62. The average molecular weight is 224 g/mol. The van der Waals surface area contributed by atoms with Crippen molar-refractivity contribution in [2.24, 2.45) is 29.1 Å². The first kappa shape index (κ1) is 10.1. The van der Waals surface area contributed by atoms with E-state index < -0.39 is 17.4 Å². The van der Waals surface area contributed by atoms with Crippen LogP contribution in [0.15, 0.2) is 0 Å². The number of carboxylic acid groups (broad SMARTS) is 2. The van der Waals surface area contributed by atoms with E-state index in [0.29, 0.717) is 11.8 Å². The first-order valence-corrected chi connectivity index (χ1v) is 6.02. The van der Waals surface area contributed by atoms with E-state index in [9.17, 15) is 19.8 Å². The summed E-state index contributed by atoms with van der Waals surface area (Å²) in [5, 5.41) is 18.8. The van der Waals surface area contributed by atoms with Crippen molar-refractivity contribution in [3.63, 3.8) is 0 Å². The van der Waals surface area contributed by atoms with E-state index in [-0.39, 0.29) is 11.8 Å². The number of carbonyl (C=O) groups is 2. The highest BCUT2D eigenvalue weighted by atomic mass is 16.4. The molecule has 0 aromatic rings. The van der Waals surface area contributed by atoms with E-state index in [1.54, 1.807) is 0 Å². The average Bonchev–Trinajstić information content (AvgIpc) is 2.14. The molecular formula is C12H16O4. The topological polar surface area (TPSA) is 74.6 Å². The third kappa shape index (κ3) is 1.00. The molecule has 2 N–H and O–H groups in total. The summed E-state index contributed by atoms with van der Waals surface area (Å²) in [4.78, 5) is 22.9. The van der Waals surface area contributed by atoms with Gasteiger partial charge in [-0.25, -0.2) is 0 Å². The molecule has 4 bridgehead atoms. The number of carboxylic acids is 2. The van der Waals surface area contributed by atoms with Gasteiger partial charge in [0.2, 0.25) is 0 Å². The van der Waals surface area contributed by atoms with Crippen molar-refractivity contribution in [1.29, 1.82) is 0 Å². The van der Waals surface area contributed by atoms with E-state index in [0.717, 1.165) is 25.7 Å². The molecule has 0 aliphatic heterocycles. The van der Waals surface area contributed by atoms with Crippen LogP contribution >= 0.6 is 0 Å². The molecule has 0 amide bonds. The SMILES string of the molecule is O=C(O)C1(C(=O)O)C2CC3CC(C2)CC1C3. The molecule has 0 saturated heterocycles. The summed E-state index contributed by atoms with van der Waals surface area (Å²) in [6.07, 6.45) is 4.44. The molecule has 4 aliphatic rings. The smallest absolute Gasteiger partial charge is 0.321 e. The van der Waals surface area contributed by atoms with Crippen LogP contribution in [0.25, 0.3) is 0 Å². The van der Waals surface area contributed by atoms with Crippen molar-refractivity contribution in [3.05, 3.63) is 0 Å². The summed E-state index contributed by atoms with van der Waals surface area (Å²) in [7, 11) is 0. The maximum Gasteiger partial charge on any atom is 0.321 e. The predicted octanol–water partition coefficient (Wildman–Crippen LogP) is 1.60. The van der Waals surface area contributed by atoms with E-state index in [1.807, 2.05) is 0 Å². The summed E-state index contributed by atoms with van der Waals surface area (Å²) < 4.78 is 0. The molecule has 4 nitrogen and oxygen atoms in total. The molecule has 4 heteroatoms. The molecule has 0 heterocycles. The largest absolute Gasteiger partial charge is 0.480 e. The third-order valence-electron chi connectivity index (χ3n) is 5.13. The van der Waals surface area contributed by atoms with Gasteiger partial charge in [0.25, 0.3) is 0 Å². The Bertz CT molecular complexity index is 316. The molecule has 4 rings (SSSR count). The second kappa shape index (κ2) is 2.99. The Hall–Kier alpha value is -1.06. The van der Waals surface area contributed by atoms with Gasteiger partial charge in [0.15, 0.2) is 5.41 Å². The lowest BCUT2D eigenvalue weighted by Crippen LogP contribution is -2.60. The fourth-order valence-electron chi connectivity index (χ4n) is 4.72. The van der Waals surface area contributed by atoms with Crippen molar-refractivity contribution in [1.82, 2.24) is 0 Å². The van der Waals surface area contributed by atoms with Crippen molar-refractivity contribution in [3.8, 4) is 0 Å². The zero-order valence-electron chi connectivity index (χ0n) is 9.06. The highest BCUT2D eigenvalue weighted by Gasteiger charge is 2.65. The zero-order valence-corrected chi connectivity index (χ0v) is 9.06. The Kier molecular flexibility index (Phi) is 1.89. The van der Waals surface area contributed by atoms with Crippen LogP contribution in [0.5, 0.6) is 0 Å². The van der Waals surface area contributed by atoms with Crippen LogP contribution in [-0.4, -0.2) is 22.2 Å². The van der Waals surface area contributed by atoms with Gasteiger partial charge in [-0.3, -0.25) is 9.59 Å². The number of hydrogen-bond donors (Lipinski definition) is 2. The molecule has 0 aromatic carbocycles. The highest BCUT2D eigenvalue weighted by molar-refractivity contribution is 5.99. The lowest BCUT2D eigenvalue weighted by molar-refractivity contribution is -0.193. The summed E-state index contributed by atoms with van der Waals surface area (Å²) in [5.41, 5.74) is -1.46. The molecule has 0 spiro atoms. The van der Waals surface area contributed by atoms with Crippen molar-refractivity contribution in [2.75, 3.05) is 0 Å². The van der Waals surface area contributed by atoms with Gasteiger partial charge in [0.1, 0.15) is 0 Å². The van der Waals surface area contributed by atoms with Crippen molar-refractivity contribution < 1.29 is 19.8 Å². The molecule has 0 atom stereocenters. The Labute approximate surface area is 93.6 Å². The summed E-state index contributed by atoms with van der Waals surface area (Å²) in [5.74, 6) is -1.27. The van der Waals surface area contributed by atoms with Crippen LogP contribution in [0.4, 0.5) is 0 Å². The van der Waals surface area contributed by atoms with E-state index in [2.05, 4.69) is 0 Å². The first-order valence-electron chi connectivity index (χ1n) is 6.02. The van der Waals surface area contributed by atoms with Crippen molar-refractivity contribution in [2.45, 2.75) is 32.1 Å². The van der Waals surface area contributed by atoms with Crippen LogP contribution in [0.2, 0.25) is 0 Å². The molecule has 16 heavy (non-hydrogen) atoms. The lowest BCUT2D eigenvalue weighted by Gasteiger charge is -2.57. The van der Waals surface area contributed by atoms with E-state index in [1.165, 1.54) is 6.42 Å². The van der Waals surface area contributed by atoms with E-state index >= 15 is 0 Å². The summed E-state index contributed by atoms with van der Waals surface area (Å²) >= 11 is 0. The summed E-state index contributed by atoms with van der Waals surface area (Å²) in [6, 6.07) is 0. The van der Waals surface area contributed by atoms with Crippen LogP contribution in [0, 0.1) is 29.1 Å². The minimum absolute atomic E-state index is 0.126. The monoisotopic (exact) mass is 224 g/mol. The minimum Gasteiger partial charge on any atom is -0.480 e. The lowest BCUT2D eigenvalue weighted by atomic mass is 9.45. The van der Waals surface area contributed by atoms with Gasteiger partial charge in [0.05, 0.1) is 0 Å². The Morgan fingerprint density at radius 3 is 1.50 bits per heavy atom. The molecule has 0 aromatic heterocycles. The maximum absolute atomic E-state index is 11.5. The normalized spacial score (nSPS) is 43.2. The van der Waals surface area contributed by atoms with Gasteiger partial charge in [0, 0.05) is 0 Å². The molecule has 4 saturated carbocycles. The number of hydrogen-bond acceptors (Lipinski definition) is 2. The molecule has 4 aliphatic carbocycles. The Morgan fingerprint density at radius 2 is 1.19 bits per heavy atom. The Balaban J connectivity index is 2.06. The third-order valence-corrected chi connectivity index (χ3v) is 5.13. The predicted molar refractivity (Wildman–Crippen MR) is 54.7 cm³/mol. The standard InChI is InChI=1S/C12H16O4/c13-10(14)12(11(15)16)8-2-6-1-7(4-8)5-9(12)3-6/h6-9H,1-5H2,(H,13,14)(H,15,16). The van der Waals surface area contributed by atoms with Gasteiger partial charge >= 0.3 is 11.9 Å². The molecule has 0 radical (unpaired) electrons. The van der Waals surface area contributed by atoms with Gasteiger partial charge in [-0.1, -0.05) is 0 Å². The number of aliphatic carboxylic acids is 2. The Morgan fingerprint density at radius 1 is 0.812 bits per heavy atom. The second-order valence-corrected chi connectivity index (χ2v) is 5.78. The summed E-state index contributed by atoms with van der Waals surface area (Å²) in [6.45, 7) is 0. The molecule has 0 unspecified atom stereocenters.